The first-order valence-corrected chi connectivity index (χ1v) is 4.67. The van der Waals surface area contributed by atoms with E-state index in [1.807, 2.05) is 6.92 Å². The maximum absolute atomic E-state index is 5.46. The van der Waals surface area contributed by atoms with Gasteiger partial charge >= 0.3 is 0 Å². The van der Waals surface area contributed by atoms with E-state index >= 15 is 0 Å². The van der Waals surface area contributed by atoms with E-state index in [1.165, 1.54) is 0 Å². The van der Waals surface area contributed by atoms with E-state index in [4.69, 9.17) is 9.47 Å². The van der Waals surface area contributed by atoms with Gasteiger partial charge in [0.1, 0.15) is 0 Å². The van der Waals surface area contributed by atoms with Gasteiger partial charge in [0.25, 0.3) is 0 Å². The Morgan fingerprint density at radius 1 is 1.36 bits per heavy atom. The molecule has 0 aromatic rings. The van der Waals surface area contributed by atoms with Gasteiger partial charge in [-0.15, -0.1) is 0 Å². The molecule has 1 saturated heterocycles. The monoisotopic (exact) mass is 222 g/mol. The molecule has 1 rings (SSSR count). The third kappa shape index (κ3) is 3.09. The number of ether oxygens (including phenoxy) is 2. The molecule has 66 valence electrons. The lowest BCUT2D eigenvalue weighted by Gasteiger charge is -2.28. The lowest BCUT2D eigenvalue weighted by atomic mass is 10.0. The fourth-order valence-corrected chi connectivity index (χ4v) is 1.93. The zero-order chi connectivity index (χ0) is 8.54. The number of hydrogen-bond donors (Lipinski definition) is 0. The Bertz CT molecular complexity index is 134. The maximum atomic E-state index is 5.46. The number of halogens is 1. The minimum absolute atomic E-state index is 0.0894. The van der Waals surface area contributed by atoms with E-state index in [1.54, 1.807) is 0 Å². The molecule has 0 N–H and O–H groups in total. The first-order valence-electron chi connectivity index (χ1n) is 3.88. The minimum atomic E-state index is -0.368. The lowest BCUT2D eigenvalue weighted by molar-refractivity contribution is -0.149. The highest BCUT2D eigenvalue weighted by atomic mass is 79.9. The average Bonchev–Trinajstić information content (AvgIpc) is 2.09. The summed E-state index contributed by atoms with van der Waals surface area (Å²) >= 11 is 3.56. The zero-order valence-electron chi connectivity index (χ0n) is 7.32. The van der Waals surface area contributed by atoms with Crippen molar-refractivity contribution in [3.63, 3.8) is 0 Å². The molecule has 0 bridgehead atoms. The highest BCUT2D eigenvalue weighted by Gasteiger charge is 2.35. The van der Waals surface area contributed by atoms with Crippen molar-refractivity contribution >= 4 is 15.9 Å². The van der Waals surface area contributed by atoms with Gasteiger partial charge in [0.05, 0.1) is 13.2 Å². The molecule has 0 radical (unpaired) electrons. The molecule has 0 aliphatic carbocycles. The second-order valence-corrected chi connectivity index (χ2v) is 5.87. The van der Waals surface area contributed by atoms with E-state index in [-0.39, 0.29) is 10.1 Å². The van der Waals surface area contributed by atoms with Crippen LogP contribution in [0.4, 0.5) is 0 Å². The second kappa shape index (κ2) is 3.04. The molecular formula is C8H15BrO2. The molecule has 1 fully saturated rings. The van der Waals surface area contributed by atoms with E-state index in [2.05, 4.69) is 29.8 Å². The van der Waals surface area contributed by atoms with Crippen molar-refractivity contribution in [3.8, 4) is 0 Å². The van der Waals surface area contributed by atoms with Gasteiger partial charge in [0.15, 0.2) is 5.79 Å². The van der Waals surface area contributed by atoms with Crippen LogP contribution in [0.15, 0.2) is 0 Å². The summed E-state index contributed by atoms with van der Waals surface area (Å²) < 4.78 is 11.0. The van der Waals surface area contributed by atoms with Gasteiger partial charge < -0.3 is 9.47 Å². The van der Waals surface area contributed by atoms with E-state index in [0.29, 0.717) is 0 Å². The highest BCUT2D eigenvalue weighted by Crippen LogP contribution is 2.33. The Kier molecular flexibility index (Phi) is 2.62. The molecule has 0 saturated carbocycles. The Morgan fingerprint density at radius 2 is 1.82 bits per heavy atom. The fraction of sp³-hybridized carbons (Fsp3) is 1.00. The fourth-order valence-electron chi connectivity index (χ4n) is 1.42. The van der Waals surface area contributed by atoms with Crippen LogP contribution in [0.1, 0.15) is 27.2 Å². The summed E-state index contributed by atoms with van der Waals surface area (Å²) in [6.45, 7) is 7.66. The Morgan fingerprint density at radius 3 is 2.18 bits per heavy atom. The van der Waals surface area contributed by atoms with Gasteiger partial charge in [-0.05, 0) is 20.8 Å². The van der Waals surface area contributed by atoms with Crippen LogP contribution in [0.2, 0.25) is 0 Å². The van der Waals surface area contributed by atoms with Crippen LogP contribution in [0.5, 0.6) is 0 Å². The third-order valence-corrected chi connectivity index (χ3v) is 1.92. The minimum Gasteiger partial charge on any atom is -0.348 e. The number of hydrogen-bond acceptors (Lipinski definition) is 2. The quantitative estimate of drug-likeness (QED) is 0.669. The second-order valence-electron chi connectivity index (χ2n) is 3.73. The van der Waals surface area contributed by atoms with Gasteiger partial charge in [-0.1, -0.05) is 15.9 Å². The molecule has 2 nitrogen and oxygen atoms in total. The van der Waals surface area contributed by atoms with Crippen molar-refractivity contribution in [1.29, 1.82) is 0 Å². The van der Waals surface area contributed by atoms with E-state index in [9.17, 15) is 0 Å². The third-order valence-electron chi connectivity index (χ3n) is 1.64. The standard InChI is InChI=1S/C8H15BrO2/c1-7(2,9)6-8(3)10-4-5-11-8/h4-6H2,1-3H3. The molecule has 11 heavy (non-hydrogen) atoms. The summed E-state index contributed by atoms with van der Waals surface area (Å²) in [5.41, 5.74) is 0. The van der Waals surface area contributed by atoms with Crippen LogP contribution >= 0.6 is 15.9 Å². The van der Waals surface area contributed by atoms with Crippen molar-refractivity contribution in [2.75, 3.05) is 13.2 Å². The van der Waals surface area contributed by atoms with Gasteiger partial charge in [-0.2, -0.15) is 0 Å². The Labute approximate surface area is 76.4 Å². The largest absolute Gasteiger partial charge is 0.348 e. The van der Waals surface area contributed by atoms with Gasteiger partial charge in [0.2, 0.25) is 0 Å². The first-order chi connectivity index (χ1) is 4.91. The summed E-state index contributed by atoms with van der Waals surface area (Å²) in [5.74, 6) is -0.368. The summed E-state index contributed by atoms with van der Waals surface area (Å²) in [7, 11) is 0. The molecular weight excluding hydrogens is 208 g/mol. The molecule has 0 spiro atoms. The van der Waals surface area contributed by atoms with Crippen LogP contribution in [0.25, 0.3) is 0 Å². The number of rotatable bonds is 2. The van der Waals surface area contributed by atoms with Crippen molar-refractivity contribution in [3.05, 3.63) is 0 Å². The zero-order valence-corrected chi connectivity index (χ0v) is 8.90. The summed E-state index contributed by atoms with van der Waals surface area (Å²) in [6.07, 6.45) is 0.875. The summed E-state index contributed by atoms with van der Waals surface area (Å²) in [6, 6.07) is 0. The molecule has 0 aromatic heterocycles. The van der Waals surface area contributed by atoms with Crippen LogP contribution in [-0.2, 0) is 9.47 Å². The predicted molar refractivity (Wildman–Crippen MR) is 47.9 cm³/mol. The number of alkyl halides is 1. The Hall–Kier alpha value is 0.400. The predicted octanol–water partition coefficient (Wildman–Crippen LogP) is 2.31. The van der Waals surface area contributed by atoms with Crippen molar-refractivity contribution < 1.29 is 9.47 Å². The summed E-state index contributed by atoms with van der Waals surface area (Å²) in [4.78, 5) is 0. The smallest absolute Gasteiger partial charge is 0.167 e. The van der Waals surface area contributed by atoms with Gasteiger partial charge in [-0.3, -0.25) is 0 Å². The SMILES string of the molecule is CC(C)(Br)CC1(C)OCCO1. The average molecular weight is 223 g/mol. The molecule has 0 atom stereocenters. The van der Waals surface area contributed by atoms with Gasteiger partial charge in [0, 0.05) is 10.7 Å². The lowest BCUT2D eigenvalue weighted by Crippen LogP contribution is -2.32. The molecule has 0 unspecified atom stereocenters. The molecule has 1 heterocycles. The van der Waals surface area contributed by atoms with Gasteiger partial charge in [-0.25, -0.2) is 0 Å². The van der Waals surface area contributed by atoms with E-state index < -0.39 is 0 Å². The normalized spacial score (nSPS) is 24.0. The van der Waals surface area contributed by atoms with Crippen molar-refractivity contribution in [2.24, 2.45) is 0 Å². The molecule has 3 heteroatoms. The van der Waals surface area contributed by atoms with Crippen LogP contribution in [0, 0.1) is 0 Å². The molecule has 0 amide bonds. The Balaban J connectivity index is 2.46. The molecule has 1 aliphatic heterocycles. The molecule has 0 aromatic carbocycles. The highest BCUT2D eigenvalue weighted by molar-refractivity contribution is 9.10. The van der Waals surface area contributed by atoms with Crippen LogP contribution < -0.4 is 0 Å². The van der Waals surface area contributed by atoms with Crippen LogP contribution in [0.3, 0.4) is 0 Å². The van der Waals surface area contributed by atoms with Crippen molar-refractivity contribution in [1.82, 2.24) is 0 Å². The first kappa shape index (κ1) is 9.49. The van der Waals surface area contributed by atoms with Crippen LogP contribution in [-0.4, -0.2) is 23.3 Å². The van der Waals surface area contributed by atoms with Crippen molar-refractivity contribution in [2.45, 2.75) is 37.3 Å². The molecule has 1 aliphatic rings. The van der Waals surface area contributed by atoms with E-state index in [0.717, 1.165) is 19.6 Å². The summed E-state index contributed by atoms with van der Waals surface area (Å²) in [5, 5.41) is 0. The topological polar surface area (TPSA) is 18.5 Å². The maximum Gasteiger partial charge on any atom is 0.167 e.